The van der Waals surface area contributed by atoms with Crippen molar-refractivity contribution in [3.8, 4) is 0 Å². The fraction of sp³-hybridized carbons (Fsp3) is 0.579. The maximum Gasteiger partial charge on any atom is 0.411 e. The summed E-state index contributed by atoms with van der Waals surface area (Å²) < 4.78 is 17.5. The van der Waals surface area contributed by atoms with E-state index in [0.29, 0.717) is 0 Å². The number of benzene rings is 1. The SMILES string of the molecule is CC(C)(C)OC(=O)N1[C@H](C=O)[C@H]2OC(C)(C)O[C@H]2[C@@H]1c1ccccc1. The highest BCUT2D eigenvalue weighted by Crippen LogP contribution is 2.47. The molecule has 6 nitrogen and oxygen atoms in total. The van der Waals surface area contributed by atoms with E-state index < -0.39 is 41.8 Å². The number of hydrogen-bond donors (Lipinski definition) is 0. The molecule has 1 aromatic rings. The lowest BCUT2D eigenvalue weighted by Gasteiger charge is -2.34. The molecule has 0 aromatic heterocycles. The third-order valence-corrected chi connectivity index (χ3v) is 4.32. The maximum absolute atomic E-state index is 12.8. The average Bonchev–Trinajstić information content (AvgIpc) is 2.96. The van der Waals surface area contributed by atoms with E-state index in [-0.39, 0.29) is 0 Å². The van der Waals surface area contributed by atoms with E-state index >= 15 is 0 Å². The van der Waals surface area contributed by atoms with Crippen LogP contribution in [0.5, 0.6) is 0 Å². The van der Waals surface area contributed by atoms with Crippen molar-refractivity contribution in [3.63, 3.8) is 0 Å². The Balaban J connectivity index is 2.01. The van der Waals surface area contributed by atoms with Gasteiger partial charge in [-0.3, -0.25) is 4.90 Å². The lowest BCUT2D eigenvalue weighted by molar-refractivity contribution is -0.167. The Bertz CT molecular complexity index is 652. The average molecular weight is 347 g/mol. The highest BCUT2D eigenvalue weighted by Gasteiger charge is 2.60. The molecule has 2 aliphatic heterocycles. The summed E-state index contributed by atoms with van der Waals surface area (Å²) in [6, 6.07) is 8.33. The second kappa shape index (κ2) is 6.11. The van der Waals surface area contributed by atoms with Gasteiger partial charge in [-0.2, -0.15) is 0 Å². The summed E-state index contributed by atoms with van der Waals surface area (Å²) in [4.78, 5) is 26.1. The molecule has 0 aliphatic carbocycles. The molecule has 4 atom stereocenters. The summed E-state index contributed by atoms with van der Waals surface area (Å²) in [7, 11) is 0. The van der Waals surface area contributed by atoms with Crippen LogP contribution < -0.4 is 0 Å². The van der Waals surface area contributed by atoms with E-state index in [9.17, 15) is 9.59 Å². The first kappa shape index (κ1) is 17.9. The van der Waals surface area contributed by atoms with Crippen molar-refractivity contribution in [2.45, 2.75) is 70.3 Å². The number of carbonyl (C=O) groups is 2. The monoisotopic (exact) mass is 347 g/mol. The normalized spacial score (nSPS) is 30.8. The summed E-state index contributed by atoms with van der Waals surface area (Å²) in [5, 5.41) is 0. The van der Waals surface area contributed by atoms with Gasteiger partial charge < -0.3 is 19.0 Å². The first-order valence-electron chi connectivity index (χ1n) is 8.50. The molecule has 1 amide bonds. The number of ether oxygens (including phenoxy) is 3. The molecular weight excluding hydrogens is 322 g/mol. The van der Waals surface area contributed by atoms with E-state index in [1.807, 2.05) is 44.2 Å². The molecule has 0 saturated carbocycles. The molecule has 0 spiro atoms. The van der Waals surface area contributed by atoms with Crippen molar-refractivity contribution >= 4 is 12.4 Å². The minimum Gasteiger partial charge on any atom is -0.444 e. The lowest BCUT2D eigenvalue weighted by Crippen LogP contribution is -2.46. The van der Waals surface area contributed by atoms with Crippen LogP contribution in [0.3, 0.4) is 0 Å². The van der Waals surface area contributed by atoms with Gasteiger partial charge in [0.2, 0.25) is 0 Å². The fourth-order valence-corrected chi connectivity index (χ4v) is 3.52. The molecule has 0 radical (unpaired) electrons. The standard InChI is InChI=1S/C19H25NO5/c1-18(2,3)25-17(22)20-13(11-21)15-16(24-19(4,5)23-15)14(20)12-9-7-6-8-10-12/h6-11,13-16H,1-5H3/t13-,14+,15-,16+/m1/s1. The number of nitrogens with zero attached hydrogens (tertiary/aromatic N) is 1. The quantitative estimate of drug-likeness (QED) is 0.769. The first-order valence-corrected chi connectivity index (χ1v) is 8.50. The number of fused-ring (bicyclic) bond motifs is 1. The van der Waals surface area contributed by atoms with Gasteiger partial charge in [0.05, 0.1) is 6.04 Å². The van der Waals surface area contributed by atoms with Crippen LogP contribution in [0.1, 0.15) is 46.2 Å². The summed E-state index contributed by atoms with van der Waals surface area (Å²) in [5.41, 5.74) is 0.221. The van der Waals surface area contributed by atoms with Gasteiger partial charge in [-0.05, 0) is 40.2 Å². The zero-order valence-corrected chi connectivity index (χ0v) is 15.3. The Labute approximate surface area is 148 Å². The van der Waals surface area contributed by atoms with Gasteiger partial charge in [-0.25, -0.2) is 4.79 Å². The minimum absolute atomic E-state index is 0.430. The number of aldehydes is 1. The van der Waals surface area contributed by atoms with Crippen molar-refractivity contribution in [2.75, 3.05) is 0 Å². The number of carbonyl (C=O) groups excluding carboxylic acids is 2. The number of rotatable bonds is 2. The van der Waals surface area contributed by atoms with Gasteiger partial charge in [0.25, 0.3) is 0 Å². The van der Waals surface area contributed by atoms with E-state index in [4.69, 9.17) is 14.2 Å². The third-order valence-electron chi connectivity index (χ3n) is 4.32. The molecule has 136 valence electrons. The second-order valence-corrected chi connectivity index (χ2v) is 7.93. The Morgan fingerprint density at radius 1 is 1.16 bits per heavy atom. The van der Waals surface area contributed by atoms with E-state index in [0.717, 1.165) is 11.8 Å². The molecule has 2 heterocycles. The summed E-state index contributed by atoms with van der Waals surface area (Å²) >= 11 is 0. The zero-order chi connectivity index (χ0) is 18.4. The number of hydrogen-bond acceptors (Lipinski definition) is 5. The minimum atomic E-state index is -0.802. The topological polar surface area (TPSA) is 65.1 Å². The van der Waals surface area contributed by atoms with Crippen molar-refractivity contribution < 1.29 is 23.8 Å². The maximum atomic E-state index is 12.8. The largest absolute Gasteiger partial charge is 0.444 e. The highest BCUT2D eigenvalue weighted by atomic mass is 16.8. The molecule has 0 bridgehead atoms. The summed E-state index contributed by atoms with van der Waals surface area (Å²) in [6.07, 6.45) is -0.752. The van der Waals surface area contributed by atoms with Crippen molar-refractivity contribution in [1.29, 1.82) is 0 Å². The highest BCUT2D eigenvalue weighted by molar-refractivity contribution is 5.76. The van der Waals surface area contributed by atoms with Crippen LogP contribution in [0, 0.1) is 0 Å². The second-order valence-electron chi connectivity index (χ2n) is 7.93. The van der Waals surface area contributed by atoms with Crippen molar-refractivity contribution in [2.24, 2.45) is 0 Å². The summed E-state index contributed by atoms with van der Waals surface area (Å²) in [5.74, 6) is -0.802. The van der Waals surface area contributed by atoms with Crippen LogP contribution in [0.25, 0.3) is 0 Å². The van der Waals surface area contributed by atoms with E-state index in [1.54, 1.807) is 20.8 Å². The molecule has 2 aliphatic rings. The van der Waals surface area contributed by atoms with Crippen LogP contribution in [0.15, 0.2) is 30.3 Å². The van der Waals surface area contributed by atoms with Crippen LogP contribution in [-0.2, 0) is 19.0 Å². The predicted octanol–water partition coefficient (Wildman–Crippen LogP) is 3.07. The smallest absolute Gasteiger partial charge is 0.411 e. The van der Waals surface area contributed by atoms with Gasteiger partial charge >= 0.3 is 6.09 Å². The van der Waals surface area contributed by atoms with Crippen LogP contribution in [0.4, 0.5) is 4.79 Å². The molecule has 2 fully saturated rings. The molecular formula is C19H25NO5. The van der Waals surface area contributed by atoms with Crippen LogP contribution >= 0.6 is 0 Å². The molecule has 0 N–H and O–H groups in total. The van der Waals surface area contributed by atoms with E-state index in [2.05, 4.69) is 0 Å². The van der Waals surface area contributed by atoms with E-state index in [1.165, 1.54) is 4.90 Å². The summed E-state index contributed by atoms with van der Waals surface area (Å²) in [6.45, 7) is 9.02. The molecule has 0 unspecified atom stereocenters. The van der Waals surface area contributed by atoms with Crippen molar-refractivity contribution in [3.05, 3.63) is 35.9 Å². The van der Waals surface area contributed by atoms with Gasteiger partial charge in [0.15, 0.2) is 5.79 Å². The Morgan fingerprint density at radius 2 is 1.76 bits per heavy atom. The molecule has 2 saturated heterocycles. The number of amides is 1. The lowest BCUT2D eigenvalue weighted by atomic mass is 10.0. The zero-order valence-electron chi connectivity index (χ0n) is 15.3. The Kier molecular flexibility index (Phi) is 4.37. The molecule has 6 heteroatoms. The molecule has 25 heavy (non-hydrogen) atoms. The number of likely N-dealkylation sites (tertiary alicyclic amines) is 1. The van der Waals surface area contributed by atoms with Gasteiger partial charge in [-0.15, -0.1) is 0 Å². The van der Waals surface area contributed by atoms with Crippen LogP contribution in [-0.4, -0.2) is 46.9 Å². The van der Waals surface area contributed by atoms with Gasteiger partial charge in [0.1, 0.15) is 30.1 Å². The van der Waals surface area contributed by atoms with Gasteiger partial charge in [-0.1, -0.05) is 30.3 Å². The molecule has 3 rings (SSSR count). The first-order chi connectivity index (χ1) is 11.6. The van der Waals surface area contributed by atoms with Crippen LogP contribution in [0.2, 0.25) is 0 Å². The third kappa shape index (κ3) is 3.41. The Hall–Kier alpha value is -1.92. The fourth-order valence-electron chi connectivity index (χ4n) is 3.52. The predicted molar refractivity (Wildman–Crippen MR) is 90.9 cm³/mol. The van der Waals surface area contributed by atoms with Crippen molar-refractivity contribution in [1.82, 2.24) is 4.90 Å². The Morgan fingerprint density at radius 3 is 2.32 bits per heavy atom. The molecule has 1 aromatic carbocycles. The van der Waals surface area contributed by atoms with Gasteiger partial charge in [0, 0.05) is 0 Å².